The molecule has 0 aliphatic carbocycles. The molecule has 9 nitrogen and oxygen atoms in total. The highest BCUT2D eigenvalue weighted by atomic mass is 16.7. The maximum atomic E-state index is 13.0. The molecule has 95 heavy (non-hydrogen) atoms. The first-order valence-electron chi connectivity index (χ1n) is 39.3. The third-order valence-electron chi connectivity index (χ3n) is 16.9. The van der Waals surface area contributed by atoms with Gasteiger partial charge in [-0.3, -0.25) is 9.59 Å². The van der Waals surface area contributed by atoms with Gasteiger partial charge in [0.25, 0.3) is 6.29 Å². The highest BCUT2D eigenvalue weighted by Gasteiger charge is 2.25. The van der Waals surface area contributed by atoms with Crippen molar-refractivity contribution in [2.24, 2.45) is 0 Å². The second-order valence-corrected chi connectivity index (χ2v) is 27.3. The van der Waals surface area contributed by atoms with Crippen LogP contribution in [0.25, 0.3) is 0 Å². The largest absolute Gasteiger partial charge is 0.477 e. The highest BCUT2D eigenvalue weighted by Crippen LogP contribution is 2.18. The van der Waals surface area contributed by atoms with Crippen LogP contribution < -0.4 is 0 Å². The van der Waals surface area contributed by atoms with E-state index in [9.17, 15) is 19.5 Å². The predicted octanol–water partition coefficient (Wildman–Crippen LogP) is 25.3. The number of likely N-dealkylation sites (N-methyl/N-ethyl adjacent to an activating group) is 1. The molecule has 0 aromatic carbocycles. The van der Waals surface area contributed by atoms with Gasteiger partial charge >= 0.3 is 17.9 Å². The summed E-state index contributed by atoms with van der Waals surface area (Å²) in [5.74, 6) is -2.00. The van der Waals surface area contributed by atoms with E-state index in [2.05, 4.69) is 148 Å². The lowest BCUT2D eigenvalue weighted by atomic mass is 10.0. The molecule has 0 aromatic heterocycles. The molecule has 0 fully saturated rings. The molecule has 0 aliphatic heterocycles. The normalized spacial score (nSPS) is 13.4. The van der Waals surface area contributed by atoms with E-state index in [4.69, 9.17) is 18.9 Å². The van der Waals surface area contributed by atoms with E-state index in [-0.39, 0.29) is 32.2 Å². The molecule has 0 spiro atoms. The quantitative estimate of drug-likeness (QED) is 0.0211. The fourth-order valence-corrected chi connectivity index (χ4v) is 10.9. The smallest absolute Gasteiger partial charge is 0.361 e. The van der Waals surface area contributed by atoms with E-state index >= 15 is 0 Å². The van der Waals surface area contributed by atoms with Crippen LogP contribution in [0.15, 0.2) is 134 Å². The zero-order valence-corrected chi connectivity index (χ0v) is 62.3. The van der Waals surface area contributed by atoms with Gasteiger partial charge in [0.15, 0.2) is 6.10 Å². The molecule has 2 atom stereocenters. The fourth-order valence-electron chi connectivity index (χ4n) is 10.9. The summed E-state index contributed by atoms with van der Waals surface area (Å²) in [5.41, 5.74) is 0. The van der Waals surface area contributed by atoms with Crippen molar-refractivity contribution >= 4 is 17.9 Å². The van der Waals surface area contributed by atoms with Crippen molar-refractivity contribution < 1.29 is 42.9 Å². The van der Waals surface area contributed by atoms with Gasteiger partial charge in [0.1, 0.15) is 13.2 Å². The first-order chi connectivity index (χ1) is 46.6. The number of aliphatic carboxylic acids is 1. The minimum Gasteiger partial charge on any atom is -0.477 e. The zero-order chi connectivity index (χ0) is 69.0. The van der Waals surface area contributed by atoms with E-state index in [0.29, 0.717) is 23.9 Å². The Morgan fingerprint density at radius 2 is 0.600 bits per heavy atom. The number of ether oxygens (including phenoxy) is 4. The molecule has 2 unspecified atom stereocenters. The second kappa shape index (κ2) is 75.2. The minimum atomic E-state index is -1.52. The maximum Gasteiger partial charge on any atom is 0.361 e. The standard InChI is InChI=1S/C86H147NO8/c1-6-8-10-12-14-16-18-20-22-24-26-28-30-32-34-36-38-40-41-42-43-45-47-49-51-53-55-57-59-61-63-65-67-69-71-73-75-77-84(89)95-82(81-94-86(85(90)91)92-79-78-87(3,4)5)80-93-83(88)76-74-72-70-68-66-64-62-60-58-56-54-52-50-48-46-44-39-37-35-33-31-29-27-25-23-21-19-17-15-13-11-9-7-2/h8,10,14,16,19-22,25-28,31-34,38,40,42-43,47,49,82,86H,6-7,9,11-13,15,17-18,23-24,29-30,35-37,39,41,44-46,48,50-81H2,1-5H3/p+1/b10-8-,16-14-,21-19-,22-20-,27-25-,28-26-,33-31-,34-32-,40-38-,43-42-,49-47-. The van der Waals surface area contributed by atoms with Crippen LogP contribution in [0.4, 0.5) is 0 Å². The lowest BCUT2D eigenvalue weighted by Gasteiger charge is -2.25. The summed E-state index contributed by atoms with van der Waals surface area (Å²) in [6.45, 7) is 4.77. The number of hydrogen-bond acceptors (Lipinski definition) is 7. The van der Waals surface area contributed by atoms with Crippen LogP contribution in [-0.2, 0) is 33.3 Å². The number of carbonyl (C=O) groups excluding carboxylic acids is 2. The van der Waals surface area contributed by atoms with Gasteiger partial charge in [-0.1, -0.05) is 340 Å². The van der Waals surface area contributed by atoms with Gasteiger partial charge < -0.3 is 28.5 Å². The lowest BCUT2D eigenvalue weighted by Crippen LogP contribution is -2.40. The number of carboxylic acids is 1. The average molecular weight is 1320 g/mol. The number of quaternary nitrogens is 1. The van der Waals surface area contributed by atoms with Crippen LogP contribution in [0.2, 0.25) is 0 Å². The Morgan fingerprint density at radius 1 is 0.326 bits per heavy atom. The van der Waals surface area contributed by atoms with Gasteiger partial charge in [-0.25, -0.2) is 4.79 Å². The van der Waals surface area contributed by atoms with E-state index in [1.165, 1.54) is 199 Å². The Balaban J connectivity index is 4.08. The molecular weight excluding hydrogens is 1170 g/mol. The molecule has 0 saturated carbocycles. The molecule has 1 N–H and O–H groups in total. The summed E-state index contributed by atoms with van der Waals surface area (Å²) in [4.78, 5) is 37.7. The number of allylic oxidation sites excluding steroid dienone is 22. The van der Waals surface area contributed by atoms with Crippen LogP contribution in [0.3, 0.4) is 0 Å². The molecule has 0 heterocycles. The van der Waals surface area contributed by atoms with Crippen molar-refractivity contribution in [3.63, 3.8) is 0 Å². The number of carboxylic acid groups (broad SMARTS) is 1. The Hall–Kier alpha value is -4.57. The van der Waals surface area contributed by atoms with Crippen LogP contribution >= 0.6 is 0 Å². The number of carbonyl (C=O) groups is 3. The van der Waals surface area contributed by atoms with Gasteiger partial charge in [0, 0.05) is 12.8 Å². The Kier molecular flexibility index (Phi) is 71.6. The molecule has 0 rings (SSSR count). The fraction of sp³-hybridized carbons (Fsp3) is 0.709. The van der Waals surface area contributed by atoms with Crippen LogP contribution in [0.5, 0.6) is 0 Å². The molecule has 0 bridgehead atoms. The summed E-state index contributed by atoms with van der Waals surface area (Å²) in [5, 5.41) is 9.77. The van der Waals surface area contributed by atoms with Crippen LogP contribution in [0, 0.1) is 0 Å². The van der Waals surface area contributed by atoms with Crippen molar-refractivity contribution in [1.82, 2.24) is 0 Å². The second-order valence-electron chi connectivity index (χ2n) is 27.3. The van der Waals surface area contributed by atoms with Crippen molar-refractivity contribution in [1.29, 1.82) is 0 Å². The van der Waals surface area contributed by atoms with Gasteiger partial charge in [-0.05, 0) is 116 Å². The zero-order valence-electron chi connectivity index (χ0n) is 62.3. The number of rotatable bonds is 72. The Labute approximate surface area is 586 Å². The Morgan fingerprint density at radius 3 is 0.895 bits per heavy atom. The third kappa shape index (κ3) is 76.7. The molecule has 0 aliphatic rings. The third-order valence-corrected chi connectivity index (χ3v) is 16.9. The van der Waals surface area contributed by atoms with Crippen molar-refractivity contribution in [3.8, 4) is 0 Å². The lowest BCUT2D eigenvalue weighted by molar-refractivity contribution is -0.870. The molecule has 544 valence electrons. The maximum absolute atomic E-state index is 13.0. The molecule has 0 radical (unpaired) electrons. The number of nitrogens with zero attached hydrogens (tertiary/aromatic N) is 1. The van der Waals surface area contributed by atoms with Gasteiger partial charge in [0.05, 0.1) is 34.4 Å². The number of esters is 2. The first-order valence-corrected chi connectivity index (χ1v) is 39.3. The van der Waals surface area contributed by atoms with E-state index < -0.39 is 24.3 Å². The van der Waals surface area contributed by atoms with E-state index in [0.717, 1.165) is 103 Å². The summed E-state index contributed by atoms with van der Waals surface area (Å²) in [6, 6.07) is 0. The predicted molar refractivity (Wildman–Crippen MR) is 410 cm³/mol. The van der Waals surface area contributed by atoms with Crippen molar-refractivity contribution in [2.75, 3.05) is 47.5 Å². The van der Waals surface area contributed by atoms with Crippen molar-refractivity contribution in [2.45, 2.75) is 347 Å². The van der Waals surface area contributed by atoms with Crippen LogP contribution in [0.1, 0.15) is 335 Å². The molecule has 0 saturated heterocycles. The van der Waals surface area contributed by atoms with E-state index in [1.807, 2.05) is 21.1 Å². The van der Waals surface area contributed by atoms with Crippen LogP contribution in [-0.4, -0.2) is 87.4 Å². The number of hydrogen-bond donors (Lipinski definition) is 1. The molecule has 9 heteroatoms. The van der Waals surface area contributed by atoms with Gasteiger partial charge in [-0.15, -0.1) is 0 Å². The van der Waals surface area contributed by atoms with E-state index in [1.54, 1.807) is 0 Å². The monoisotopic (exact) mass is 1320 g/mol. The molecule has 0 amide bonds. The number of unbranched alkanes of at least 4 members (excludes halogenated alkanes) is 35. The summed E-state index contributed by atoms with van der Waals surface area (Å²) in [6.07, 6.45) is 106. The highest BCUT2D eigenvalue weighted by molar-refractivity contribution is 5.71. The Bertz CT molecular complexity index is 2030. The average Bonchev–Trinajstić information content (AvgIpc) is 3.75. The summed E-state index contributed by atoms with van der Waals surface area (Å²) in [7, 11) is 5.98. The van der Waals surface area contributed by atoms with Gasteiger partial charge in [0.2, 0.25) is 0 Å². The van der Waals surface area contributed by atoms with Crippen molar-refractivity contribution in [3.05, 3.63) is 134 Å². The SMILES string of the molecule is CC/C=C\C/C=C\C/C=C\C/C=C\C/C=C\C/C=C\C/C=C\C/C=C\CCCCCCCCCCCCCCC(=O)OC(COC(=O)CCCCCCCCCCCCCCCCCCCC/C=C\C/C=C\C/C=C\CCCCCCC)COC(OCC[N+](C)(C)C)C(=O)O. The summed E-state index contributed by atoms with van der Waals surface area (Å²) < 4.78 is 23.0. The molecular formula is C86H148NO8+. The summed E-state index contributed by atoms with van der Waals surface area (Å²) >= 11 is 0. The molecule has 0 aromatic rings. The minimum absolute atomic E-state index is 0.183. The first kappa shape index (κ1) is 90.4. The van der Waals surface area contributed by atoms with Gasteiger partial charge in [-0.2, -0.15) is 0 Å². The topological polar surface area (TPSA) is 108 Å².